The molecule has 4 rings (SSSR count). The summed E-state index contributed by atoms with van der Waals surface area (Å²) in [5.74, 6) is -0.00929. The number of nitrogens with zero attached hydrogens (tertiary/aromatic N) is 2. The Morgan fingerprint density at radius 1 is 1.21 bits per heavy atom. The van der Waals surface area contributed by atoms with Gasteiger partial charge in [-0.15, -0.1) is 0 Å². The van der Waals surface area contributed by atoms with Gasteiger partial charge in [0.15, 0.2) is 5.17 Å². The number of amides is 1. The maximum atomic E-state index is 12.5. The van der Waals surface area contributed by atoms with E-state index in [2.05, 4.69) is 19.9 Å². The van der Waals surface area contributed by atoms with Crippen molar-refractivity contribution in [3.05, 3.63) is 40.9 Å². The van der Waals surface area contributed by atoms with Gasteiger partial charge in [-0.3, -0.25) is 9.79 Å². The van der Waals surface area contributed by atoms with Crippen LogP contribution in [0, 0.1) is 0 Å². The van der Waals surface area contributed by atoms with Crippen molar-refractivity contribution < 1.29 is 13.2 Å². The largest absolute Gasteiger partial charge is 0.355 e. The highest BCUT2D eigenvalue weighted by molar-refractivity contribution is 8.16. The van der Waals surface area contributed by atoms with E-state index in [1.807, 2.05) is 17.5 Å². The van der Waals surface area contributed by atoms with E-state index in [0.717, 1.165) is 55.2 Å². The van der Waals surface area contributed by atoms with Crippen LogP contribution >= 0.6 is 11.8 Å². The second-order valence-electron chi connectivity index (χ2n) is 7.57. The predicted molar refractivity (Wildman–Crippen MR) is 115 cm³/mol. The van der Waals surface area contributed by atoms with Crippen LogP contribution in [0.5, 0.6) is 0 Å². The Morgan fingerprint density at radius 3 is 2.72 bits per heavy atom. The molecule has 1 aromatic carbocycles. The van der Waals surface area contributed by atoms with E-state index in [-0.39, 0.29) is 11.9 Å². The monoisotopic (exact) mass is 434 g/mol. The summed E-state index contributed by atoms with van der Waals surface area (Å²) in [4.78, 5) is 19.0. The minimum Gasteiger partial charge on any atom is -0.355 e. The minimum absolute atomic E-state index is 0.00929. The van der Waals surface area contributed by atoms with Gasteiger partial charge in [-0.25, -0.2) is 13.1 Å². The van der Waals surface area contributed by atoms with Crippen molar-refractivity contribution in [2.45, 2.75) is 49.5 Å². The first-order chi connectivity index (χ1) is 14.0. The predicted octanol–water partition coefficient (Wildman–Crippen LogP) is 2.22. The molecular weight excluding hydrogens is 408 g/mol. The van der Waals surface area contributed by atoms with E-state index >= 15 is 0 Å². The van der Waals surface area contributed by atoms with Crippen molar-refractivity contribution in [3.63, 3.8) is 0 Å². The Bertz CT molecular complexity index is 920. The molecule has 1 amide bonds. The van der Waals surface area contributed by atoms with Crippen molar-refractivity contribution in [3.8, 4) is 0 Å². The van der Waals surface area contributed by atoms with Crippen LogP contribution in [0.3, 0.4) is 0 Å². The Balaban J connectivity index is 1.23. The fourth-order valence-electron chi connectivity index (χ4n) is 3.86. The summed E-state index contributed by atoms with van der Waals surface area (Å²) in [5, 5.41) is 5.93. The van der Waals surface area contributed by atoms with Crippen LogP contribution in [0.1, 0.15) is 37.7 Å². The van der Waals surface area contributed by atoms with Gasteiger partial charge in [0.2, 0.25) is 15.9 Å². The first-order valence-corrected chi connectivity index (χ1v) is 12.4. The van der Waals surface area contributed by atoms with Crippen LogP contribution in [0.4, 0.5) is 0 Å². The molecule has 3 aliphatic rings. The lowest BCUT2D eigenvalue weighted by molar-refractivity contribution is -0.120. The Morgan fingerprint density at radius 2 is 1.97 bits per heavy atom. The topological polar surface area (TPSA) is 90.9 Å². The second kappa shape index (κ2) is 8.89. The number of fused-ring (bicyclic) bond motifs is 1. The van der Waals surface area contributed by atoms with Gasteiger partial charge in [0.05, 0.1) is 17.9 Å². The first-order valence-electron chi connectivity index (χ1n) is 10.1. The summed E-state index contributed by atoms with van der Waals surface area (Å²) in [6, 6.07) is 6.98. The SMILES string of the molecule is O=C(CC1=CSC2=NCCN12)NCCc1ccc(S(=O)(=O)NC2CCCC2)cc1. The van der Waals surface area contributed by atoms with Crippen LogP contribution in [0.15, 0.2) is 45.3 Å². The number of thioether (sulfide) groups is 1. The molecule has 1 saturated carbocycles. The maximum Gasteiger partial charge on any atom is 0.240 e. The Kier molecular flexibility index (Phi) is 6.26. The van der Waals surface area contributed by atoms with Gasteiger partial charge in [0.1, 0.15) is 0 Å². The molecule has 1 aromatic rings. The molecule has 1 aliphatic carbocycles. The third kappa shape index (κ3) is 5.02. The zero-order valence-corrected chi connectivity index (χ0v) is 17.9. The van der Waals surface area contributed by atoms with Crippen molar-refractivity contribution in [1.29, 1.82) is 0 Å². The number of carbonyl (C=O) groups excluding carboxylic acids is 1. The molecule has 7 nitrogen and oxygen atoms in total. The van der Waals surface area contributed by atoms with Gasteiger partial charge in [-0.2, -0.15) is 0 Å². The molecule has 1 fully saturated rings. The number of benzene rings is 1. The lowest BCUT2D eigenvalue weighted by Crippen LogP contribution is -2.32. The van der Waals surface area contributed by atoms with Crippen molar-refractivity contribution >= 4 is 32.9 Å². The smallest absolute Gasteiger partial charge is 0.240 e. The van der Waals surface area contributed by atoms with Gasteiger partial charge < -0.3 is 10.2 Å². The molecule has 2 N–H and O–H groups in total. The third-order valence-corrected chi connectivity index (χ3v) is 7.92. The zero-order valence-electron chi connectivity index (χ0n) is 16.3. The highest BCUT2D eigenvalue weighted by atomic mass is 32.2. The summed E-state index contributed by atoms with van der Waals surface area (Å²) in [6.07, 6.45) is 5.01. The average Bonchev–Trinajstić information content (AvgIpc) is 3.42. The number of nitrogens with one attached hydrogen (secondary N) is 2. The number of aliphatic imine (C=N–C) groups is 1. The lowest BCUT2D eigenvalue weighted by atomic mass is 10.1. The van der Waals surface area contributed by atoms with Crippen LogP contribution < -0.4 is 10.0 Å². The molecule has 0 bridgehead atoms. The van der Waals surface area contributed by atoms with E-state index in [9.17, 15) is 13.2 Å². The van der Waals surface area contributed by atoms with Gasteiger partial charge >= 0.3 is 0 Å². The number of sulfonamides is 1. The summed E-state index contributed by atoms with van der Waals surface area (Å²) in [7, 11) is -3.46. The summed E-state index contributed by atoms with van der Waals surface area (Å²) in [6.45, 7) is 2.17. The van der Waals surface area contributed by atoms with Crippen LogP contribution in [-0.4, -0.2) is 50.1 Å². The molecule has 2 aliphatic heterocycles. The molecule has 0 aromatic heterocycles. The fourth-order valence-corrected chi connectivity index (χ4v) is 6.11. The number of amidine groups is 1. The third-order valence-electron chi connectivity index (χ3n) is 5.44. The average molecular weight is 435 g/mol. The van der Waals surface area contributed by atoms with E-state index in [4.69, 9.17) is 0 Å². The quantitative estimate of drug-likeness (QED) is 0.655. The van der Waals surface area contributed by atoms with Gasteiger partial charge in [0.25, 0.3) is 0 Å². The van der Waals surface area contributed by atoms with E-state index in [1.54, 1.807) is 23.9 Å². The van der Waals surface area contributed by atoms with Crippen molar-refractivity contribution in [2.24, 2.45) is 4.99 Å². The standard InChI is InChI=1S/C20H26N4O3S2/c25-19(13-17-14-28-20-22-11-12-24(17)20)21-10-9-15-5-7-18(8-6-15)29(26,27)23-16-3-1-2-4-16/h5-8,14,16,23H,1-4,9-13H2,(H,21,25). The zero-order chi connectivity index (χ0) is 20.3. The normalized spacial score (nSPS) is 19.2. The molecule has 0 atom stereocenters. The molecule has 9 heteroatoms. The summed E-state index contributed by atoms with van der Waals surface area (Å²) >= 11 is 1.58. The van der Waals surface area contributed by atoms with E-state index in [0.29, 0.717) is 24.3 Å². The number of hydrogen-bond acceptors (Lipinski definition) is 6. The van der Waals surface area contributed by atoms with Gasteiger partial charge in [0, 0.05) is 24.8 Å². The van der Waals surface area contributed by atoms with Crippen molar-refractivity contribution in [1.82, 2.24) is 14.9 Å². The van der Waals surface area contributed by atoms with Crippen LogP contribution in [0.2, 0.25) is 0 Å². The molecule has 0 radical (unpaired) electrons. The highest BCUT2D eigenvalue weighted by Crippen LogP contribution is 2.30. The number of carbonyl (C=O) groups is 1. The highest BCUT2D eigenvalue weighted by Gasteiger charge is 2.27. The molecule has 0 spiro atoms. The molecule has 29 heavy (non-hydrogen) atoms. The molecule has 0 saturated heterocycles. The Hall–Kier alpha value is -1.84. The summed E-state index contributed by atoms with van der Waals surface area (Å²) in [5.41, 5.74) is 2.00. The summed E-state index contributed by atoms with van der Waals surface area (Å²) < 4.78 is 27.7. The Labute approximate surface area is 176 Å². The molecule has 0 unspecified atom stereocenters. The molecule has 2 heterocycles. The van der Waals surface area contributed by atoms with E-state index in [1.165, 1.54) is 0 Å². The lowest BCUT2D eigenvalue weighted by Gasteiger charge is -2.16. The van der Waals surface area contributed by atoms with E-state index < -0.39 is 10.0 Å². The maximum absolute atomic E-state index is 12.5. The van der Waals surface area contributed by atoms with Gasteiger partial charge in [-0.05, 0) is 42.4 Å². The fraction of sp³-hybridized carbons (Fsp3) is 0.500. The minimum atomic E-state index is -3.46. The van der Waals surface area contributed by atoms with Crippen LogP contribution in [-0.2, 0) is 21.2 Å². The second-order valence-corrected chi connectivity index (χ2v) is 10.1. The molecular formula is C20H26N4O3S2. The van der Waals surface area contributed by atoms with Gasteiger partial charge in [-0.1, -0.05) is 36.7 Å². The molecule has 156 valence electrons. The first kappa shape index (κ1) is 20.4. The van der Waals surface area contributed by atoms with Crippen LogP contribution in [0.25, 0.3) is 0 Å². The van der Waals surface area contributed by atoms with Crippen molar-refractivity contribution in [2.75, 3.05) is 19.6 Å². The number of hydrogen-bond donors (Lipinski definition) is 2. The number of rotatable bonds is 8.